The molecular weight excluding hydrogens is 252 g/mol. The van der Waals surface area contributed by atoms with Crippen LogP contribution in [0.5, 0.6) is 5.75 Å². The van der Waals surface area contributed by atoms with E-state index in [9.17, 15) is 4.79 Å². The van der Waals surface area contributed by atoms with Crippen LogP contribution in [0, 0.1) is 0 Å². The molecule has 1 aliphatic carbocycles. The molecule has 1 amide bonds. The average Bonchev–Trinajstić information content (AvgIpc) is 2.43. The maximum absolute atomic E-state index is 11.5. The molecule has 4 nitrogen and oxygen atoms in total. The molecule has 4 heteroatoms. The van der Waals surface area contributed by atoms with Crippen LogP contribution in [0.4, 0.5) is 0 Å². The van der Waals surface area contributed by atoms with Crippen molar-refractivity contribution in [1.29, 1.82) is 0 Å². The van der Waals surface area contributed by atoms with E-state index in [1.807, 2.05) is 12.1 Å². The van der Waals surface area contributed by atoms with Crippen molar-refractivity contribution in [1.82, 2.24) is 10.6 Å². The number of benzene rings is 1. The second-order valence-electron chi connectivity index (χ2n) is 5.34. The first-order chi connectivity index (χ1) is 9.74. The van der Waals surface area contributed by atoms with Crippen LogP contribution in [-0.2, 0) is 4.79 Å². The zero-order valence-electron chi connectivity index (χ0n) is 12.3. The number of rotatable bonds is 7. The Hall–Kier alpha value is -1.55. The van der Waals surface area contributed by atoms with Gasteiger partial charge in [0.15, 0.2) is 0 Å². The molecule has 0 aliphatic heterocycles. The maximum atomic E-state index is 11.5. The van der Waals surface area contributed by atoms with Gasteiger partial charge in [-0.1, -0.05) is 25.1 Å². The first kappa shape index (κ1) is 14.9. The van der Waals surface area contributed by atoms with Gasteiger partial charge in [-0.3, -0.25) is 4.79 Å². The van der Waals surface area contributed by atoms with Gasteiger partial charge < -0.3 is 15.4 Å². The Labute approximate surface area is 120 Å². The fraction of sp³-hybridized carbons (Fsp3) is 0.562. The third-order valence-electron chi connectivity index (χ3n) is 3.84. The molecule has 1 aromatic carbocycles. The number of nitrogens with one attached hydrogen (secondary N) is 2. The van der Waals surface area contributed by atoms with E-state index in [4.69, 9.17) is 4.74 Å². The Morgan fingerprint density at radius 3 is 2.80 bits per heavy atom. The summed E-state index contributed by atoms with van der Waals surface area (Å²) in [5, 5.41) is 6.19. The molecule has 1 aromatic rings. The van der Waals surface area contributed by atoms with Crippen molar-refractivity contribution >= 4 is 5.91 Å². The van der Waals surface area contributed by atoms with Gasteiger partial charge in [0.2, 0.25) is 5.91 Å². The van der Waals surface area contributed by atoms with Gasteiger partial charge >= 0.3 is 0 Å². The molecular formula is C16H24N2O2. The highest BCUT2D eigenvalue weighted by atomic mass is 16.5. The standard InChI is InChI=1S/C16H24N2O2/c1-3-8-17-16(19)11-18-13-9-12(10-13)14-6-4-5-7-15(14)20-2/h4-7,12-13,18H,3,8-11H2,1-2H3,(H,17,19). The van der Waals surface area contributed by atoms with Crippen LogP contribution in [0.15, 0.2) is 24.3 Å². The van der Waals surface area contributed by atoms with E-state index in [0.29, 0.717) is 18.5 Å². The van der Waals surface area contributed by atoms with E-state index >= 15 is 0 Å². The van der Waals surface area contributed by atoms with Crippen molar-refractivity contribution in [3.05, 3.63) is 29.8 Å². The first-order valence-electron chi connectivity index (χ1n) is 7.37. The van der Waals surface area contributed by atoms with E-state index in [0.717, 1.165) is 31.6 Å². The summed E-state index contributed by atoms with van der Waals surface area (Å²) >= 11 is 0. The van der Waals surface area contributed by atoms with Crippen molar-refractivity contribution in [3.63, 3.8) is 0 Å². The van der Waals surface area contributed by atoms with Crippen molar-refractivity contribution in [2.45, 2.75) is 38.1 Å². The maximum Gasteiger partial charge on any atom is 0.233 e. The van der Waals surface area contributed by atoms with E-state index in [1.54, 1.807) is 7.11 Å². The Kier molecular flexibility index (Phi) is 5.41. The first-order valence-corrected chi connectivity index (χ1v) is 7.37. The molecule has 1 fully saturated rings. The van der Waals surface area contributed by atoms with Crippen molar-refractivity contribution in [2.24, 2.45) is 0 Å². The number of methoxy groups -OCH3 is 1. The third kappa shape index (κ3) is 3.73. The highest BCUT2D eigenvalue weighted by Gasteiger charge is 2.31. The molecule has 2 rings (SSSR count). The van der Waals surface area contributed by atoms with Gasteiger partial charge in [0.05, 0.1) is 13.7 Å². The summed E-state index contributed by atoms with van der Waals surface area (Å²) < 4.78 is 5.40. The molecule has 0 unspecified atom stereocenters. The fourth-order valence-corrected chi connectivity index (χ4v) is 2.61. The topological polar surface area (TPSA) is 50.4 Å². The molecule has 0 spiro atoms. The molecule has 0 saturated heterocycles. The lowest BCUT2D eigenvalue weighted by Gasteiger charge is -2.36. The Bertz CT molecular complexity index is 442. The zero-order chi connectivity index (χ0) is 14.4. The number of para-hydroxylation sites is 1. The number of hydrogen-bond donors (Lipinski definition) is 2. The predicted octanol–water partition coefficient (Wildman–Crippen LogP) is 2.06. The Morgan fingerprint density at radius 1 is 1.35 bits per heavy atom. The van der Waals surface area contributed by atoms with Gasteiger partial charge in [-0.2, -0.15) is 0 Å². The summed E-state index contributed by atoms with van der Waals surface area (Å²) in [4.78, 5) is 11.5. The predicted molar refractivity (Wildman–Crippen MR) is 80.1 cm³/mol. The van der Waals surface area contributed by atoms with Gasteiger partial charge in [-0.15, -0.1) is 0 Å². The minimum absolute atomic E-state index is 0.0904. The molecule has 0 aromatic heterocycles. The normalized spacial score (nSPS) is 21.1. The molecule has 0 atom stereocenters. The summed E-state index contributed by atoms with van der Waals surface area (Å²) in [6.07, 6.45) is 3.12. The van der Waals surface area contributed by atoms with E-state index in [-0.39, 0.29) is 5.91 Å². The fourth-order valence-electron chi connectivity index (χ4n) is 2.61. The number of hydrogen-bond acceptors (Lipinski definition) is 3. The van der Waals surface area contributed by atoms with Gasteiger partial charge in [-0.05, 0) is 36.8 Å². The molecule has 110 valence electrons. The zero-order valence-corrected chi connectivity index (χ0v) is 12.3. The lowest BCUT2D eigenvalue weighted by molar-refractivity contribution is -0.120. The summed E-state index contributed by atoms with van der Waals surface area (Å²) in [6.45, 7) is 3.23. The monoisotopic (exact) mass is 276 g/mol. The van der Waals surface area contributed by atoms with Crippen molar-refractivity contribution < 1.29 is 9.53 Å². The van der Waals surface area contributed by atoms with E-state index < -0.39 is 0 Å². The smallest absolute Gasteiger partial charge is 0.233 e. The second-order valence-corrected chi connectivity index (χ2v) is 5.34. The minimum Gasteiger partial charge on any atom is -0.496 e. The van der Waals surface area contributed by atoms with Crippen LogP contribution < -0.4 is 15.4 Å². The van der Waals surface area contributed by atoms with Crippen LogP contribution in [0.25, 0.3) is 0 Å². The Morgan fingerprint density at radius 2 is 2.10 bits per heavy atom. The van der Waals surface area contributed by atoms with E-state index in [2.05, 4.69) is 29.7 Å². The van der Waals surface area contributed by atoms with Crippen molar-refractivity contribution in [3.8, 4) is 5.75 Å². The number of ether oxygens (including phenoxy) is 1. The highest BCUT2D eigenvalue weighted by molar-refractivity contribution is 5.77. The molecule has 0 bridgehead atoms. The molecule has 1 saturated carbocycles. The van der Waals surface area contributed by atoms with Gasteiger partial charge in [0, 0.05) is 12.6 Å². The molecule has 0 radical (unpaired) electrons. The lowest BCUT2D eigenvalue weighted by atomic mass is 9.75. The second kappa shape index (κ2) is 7.29. The van der Waals surface area contributed by atoms with Crippen molar-refractivity contribution in [2.75, 3.05) is 20.2 Å². The summed E-state index contributed by atoms with van der Waals surface area (Å²) in [6, 6.07) is 8.63. The van der Waals surface area contributed by atoms with Crippen LogP contribution in [0.3, 0.4) is 0 Å². The van der Waals surface area contributed by atoms with Gasteiger partial charge in [-0.25, -0.2) is 0 Å². The molecule has 0 heterocycles. The van der Waals surface area contributed by atoms with E-state index in [1.165, 1.54) is 5.56 Å². The SMILES string of the molecule is CCCNC(=O)CNC1CC(c2ccccc2OC)C1. The highest BCUT2D eigenvalue weighted by Crippen LogP contribution is 2.40. The third-order valence-corrected chi connectivity index (χ3v) is 3.84. The molecule has 20 heavy (non-hydrogen) atoms. The molecule has 2 N–H and O–H groups in total. The van der Waals surface area contributed by atoms with Crippen LogP contribution in [0.2, 0.25) is 0 Å². The Balaban J connectivity index is 1.73. The summed E-state index contributed by atoms with van der Waals surface area (Å²) in [5.74, 6) is 1.60. The van der Waals surface area contributed by atoms with Crippen LogP contribution in [0.1, 0.15) is 37.7 Å². The summed E-state index contributed by atoms with van der Waals surface area (Å²) in [7, 11) is 1.71. The number of carbonyl (C=O) groups excluding carboxylic acids is 1. The average molecular weight is 276 g/mol. The number of amides is 1. The lowest BCUT2D eigenvalue weighted by Crippen LogP contribution is -2.45. The van der Waals surface area contributed by atoms with Crippen LogP contribution >= 0.6 is 0 Å². The molecule has 1 aliphatic rings. The number of carbonyl (C=O) groups is 1. The summed E-state index contributed by atoms with van der Waals surface area (Å²) in [5.41, 5.74) is 1.28. The van der Waals surface area contributed by atoms with Gasteiger partial charge in [0.25, 0.3) is 0 Å². The largest absolute Gasteiger partial charge is 0.496 e. The quantitative estimate of drug-likeness (QED) is 0.801. The van der Waals surface area contributed by atoms with Crippen LogP contribution in [-0.4, -0.2) is 32.1 Å². The minimum atomic E-state index is 0.0904. The van der Waals surface area contributed by atoms with Gasteiger partial charge in [0.1, 0.15) is 5.75 Å².